The molecule has 0 atom stereocenters. The van der Waals surface area contributed by atoms with Gasteiger partial charge in [-0.25, -0.2) is 9.97 Å². The van der Waals surface area contributed by atoms with E-state index < -0.39 is 0 Å². The molecule has 0 aromatic carbocycles. The quantitative estimate of drug-likeness (QED) is 0.581. The SMILES string of the molecule is CNc1cc(Nc2cccn(-c3ccc(C)cn3)c2=O)nc2c(C)cnn12. The van der Waals surface area contributed by atoms with Crippen LogP contribution in [0.4, 0.5) is 17.3 Å². The largest absolute Gasteiger partial charge is 0.373 e. The molecule has 0 spiro atoms. The van der Waals surface area contributed by atoms with Crippen molar-refractivity contribution < 1.29 is 0 Å². The van der Waals surface area contributed by atoms with Crippen LogP contribution in [0.15, 0.2) is 53.7 Å². The summed E-state index contributed by atoms with van der Waals surface area (Å²) in [4.78, 5) is 21.8. The van der Waals surface area contributed by atoms with E-state index >= 15 is 0 Å². The summed E-state index contributed by atoms with van der Waals surface area (Å²) < 4.78 is 3.23. The molecule has 0 aliphatic heterocycles. The normalized spacial score (nSPS) is 10.9. The highest BCUT2D eigenvalue weighted by Crippen LogP contribution is 2.20. The number of nitrogens with one attached hydrogen (secondary N) is 2. The first-order valence-corrected chi connectivity index (χ1v) is 8.51. The molecular formula is C19H19N7O. The van der Waals surface area contributed by atoms with Gasteiger partial charge in [-0.2, -0.15) is 9.61 Å². The molecule has 4 rings (SSSR count). The summed E-state index contributed by atoms with van der Waals surface area (Å²) in [5, 5.41) is 10.5. The fraction of sp³-hybridized carbons (Fsp3) is 0.158. The van der Waals surface area contributed by atoms with Crippen molar-refractivity contribution in [1.82, 2.24) is 24.1 Å². The predicted octanol–water partition coefficient (Wildman–Crippen LogP) is 2.68. The zero-order valence-corrected chi connectivity index (χ0v) is 15.3. The van der Waals surface area contributed by atoms with E-state index in [4.69, 9.17) is 0 Å². The van der Waals surface area contributed by atoms with Crippen LogP contribution in [0.25, 0.3) is 11.5 Å². The zero-order valence-electron chi connectivity index (χ0n) is 15.3. The van der Waals surface area contributed by atoms with Gasteiger partial charge in [0.05, 0.1) is 6.20 Å². The summed E-state index contributed by atoms with van der Waals surface area (Å²) >= 11 is 0. The zero-order chi connectivity index (χ0) is 19.0. The van der Waals surface area contributed by atoms with Gasteiger partial charge in [-0.05, 0) is 37.6 Å². The maximum atomic E-state index is 12.9. The van der Waals surface area contributed by atoms with Gasteiger partial charge in [-0.3, -0.25) is 9.36 Å². The van der Waals surface area contributed by atoms with Gasteiger partial charge in [-0.1, -0.05) is 6.07 Å². The highest BCUT2D eigenvalue weighted by atomic mass is 16.1. The van der Waals surface area contributed by atoms with Crippen LogP contribution in [0.3, 0.4) is 0 Å². The predicted molar refractivity (Wildman–Crippen MR) is 105 cm³/mol. The Bertz CT molecular complexity index is 1180. The summed E-state index contributed by atoms with van der Waals surface area (Å²) in [7, 11) is 1.81. The monoisotopic (exact) mass is 361 g/mol. The lowest BCUT2D eigenvalue weighted by atomic mass is 10.3. The number of hydrogen-bond acceptors (Lipinski definition) is 6. The molecule has 0 saturated carbocycles. The fourth-order valence-electron chi connectivity index (χ4n) is 2.82. The summed E-state index contributed by atoms with van der Waals surface area (Å²) in [6, 6.07) is 9.07. The first-order valence-electron chi connectivity index (χ1n) is 8.51. The van der Waals surface area contributed by atoms with Crippen molar-refractivity contribution in [2.75, 3.05) is 17.7 Å². The van der Waals surface area contributed by atoms with Gasteiger partial charge in [0, 0.05) is 31.1 Å². The minimum absolute atomic E-state index is 0.202. The molecule has 0 aliphatic rings. The van der Waals surface area contributed by atoms with Crippen molar-refractivity contribution in [3.05, 3.63) is 70.4 Å². The van der Waals surface area contributed by atoms with Crippen LogP contribution in [0.1, 0.15) is 11.1 Å². The molecule has 4 aromatic heterocycles. The van der Waals surface area contributed by atoms with Gasteiger partial charge in [0.15, 0.2) is 5.65 Å². The number of pyridine rings is 2. The average molecular weight is 361 g/mol. The Morgan fingerprint density at radius 2 is 1.96 bits per heavy atom. The molecule has 2 N–H and O–H groups in total. The number of aryl methyl sites for hydroxylation is 2. The molecule has 4 heterocycles. The summed E-state index contributed by atoms with van der Waals surface area (Å²) in [6.45, 7) is 3.90. The number of hydrogen-bond donors (Lipinski definition) is 2. The average Bonchev–Trinajstić information content (AvgIpc) is 3.05. The molecule has 0 unspecified atom stereocenters. The van der Waals surface area contributed by atoms with Crippen molar-refractivity contribution in [1.29, 1.82) is 0 Å². The lowest BCUT2D eigenvalue weighted by Gasteiger charge is -2.11. The first-order chi connectivity index (χ1) is 13.1. The van der Waals surface area contributed by atoms with Crippen LogP contribution >= 0.6 is 0 Å². The van der Waals surface area contributed by atoms with E-state index in [1.165, 1.54) is 4.57 Å². The smallest absolute Gasteiger partial charge is 0.279 e. The third-order valence-electron chi connectivity index (χ3n) is 4.26. The summed E-state index contributed by atoms with van der Waals surface area (Å²) in [5.74, 6) is 1.90. The number of nitrogens with zero attached hydrogens (tertiary/aromatic N) is 5. The molecule has 0 radical (unpaired) electrons. The molecule has 8 nitrogen and oxygen atoms in total. The van der Waals surface area contributed by atoms with E-state index in [1.54, 1.807) is 41.3 Å². The van der Waals surface area contributed by atoms with E-state index in [2.05, 4.69) is 25.7 Å². The molecular weight excluding hydrogens is 342 g/mol. The molecule has 136 valence electrons. The minimum Gasteiger partial charge on any atom is -0.373 e. The highest BCUT2D eigenvalue weighted by molar-refractivity contribution is 5.64. The van der Waals surface area contributed by atoms with E-state index in [0.717, 1.165) is 22.6 Å². The van der Waals surface area contributed by atoms with E-state index in [1.807, 2.05) is 33.0 Å². The van der Waals surface area contributed by atoms with E-state index in [9.17, 15) is 4.79 Å². The van der Waals surface area contributed by atoms with Crippen LogP contribution < -0.4 is 16.2 Å². The third kappa shape index (κ3) is 3.01. The standard InChI is InChI=1S/C19H19N7O/c1-12-6-7-16(21-10-12)25-8-4-5-14(19(25)27)23-15-9-17(20-3)26-18(24-15)13(2)11-22-26/h4-11,20H,1-3H3,(H,23,24). The van der Waals surface area contributed by atoms with Gasteiger partial charge in [-0.15, -0.1) is 0 Å². The van der Waals surface area contributed by atoms with Crippen LogP contribution in [0.2, 0.25) is 0 Å². The molecule has 0 bridgehead atoms. The molecule has 0 fully saturated rings. The summed E-state index contributed by atoms with van der Waals surface area (Å²) in [5.41, 5.74) is 2.92. The van der Waals surface area contributed by atoms with Gasteiger partial charge in [0.1, 0.15) is 23.1 Å². The first kappa shape index (κ1) is 16.8. The second-order valence-electron chi connectivity index (χ2n) is 6.26. The van der Waals surface area contributed by atoms with Crippen molar-refractivity contribution in [2.45, 2.75) is 13.8 Å². The number of rotatable bonds is 4. The van der Waals surface area contributed by atoms with Crippen molar-refractivity contribution in [2.24, 2.45) is 0 Å². The molecule has 0 aliphatic carbocycles. The number of anilines is 3. The maximum Gasteiger partial charge on any atom is 0.279 e. The molecule has 8 heteroatoms. The van der Waals surface area contributed by atoms with E-state index in [-0.39, 0.29) is 5.56 Å². The van der Waals surface area contributed by atoms with Crippen molar-refractivity contribution in [3.63, 3.8) is 0 Å². The Morgan fingerprint density at radius 3 is 2.70 bits per heavy atom. The van der Waals surface area contributed by atoms with Crippen molar-refractivity contribution in [3.8, 4) is 5.82 Å². The molecule has 4 aromatic rings. The number of fused-ring (bicyclic) bond motifs is 1. The Morgan fingerprint density at radius 1 is 1.11 bits per heavy atom. The van der Waals surface area contributed by atoms with E-state index in [0.29, 0.717) is 17.3 Å². The van der Waals surface area contributed by atoms with Crippen LogP contribution in [0.5, 0.6) is 0 Å². The maximum absolute atomic E-state index is 12.9. The number of aromatic nitrogens is 5. The second-order valence-corrected chi connectivity index (χ2v) is 6.26. The van der Waals surface area contributed by atoms with Gasteiger partial charge >= 0.3 is 0 Å². The fourth-order valence-corrected chi connectivity index (χ4v) is 2.82. The highest BCUT2D eigenvalue weighted by Gasteiger charge is 2.11. The Hall–Kier alpha value is -3.68. The molecule has 0 amide bonds. The second kappa shape index (κ2) is 6.56. The molecule has 0 saturated heterocycles. The lowest BCUT2D eigenvalue weighted by molar-refractivity contribution is 0.935. The Kier molecular flexibility index (Phi) is 4.08. The topological polar surface area (TPSA) is 89.1 Å². The minimum atomic E-state index is -0.202. The van der Waals surface area contributed by atoms with Crippen LogP contribution in [-0.2, 0) is 0 Å². The molecule has 27 heavy (non-hydrogen) atoms. The van der Waals surface area contributed by atoms with Gasteiger partial charge in [0.2, 0.25) is 0 Å². The van der Waals surface area contributed by atoms with Gasteiger partial charge < -0.3 is 10.6 Å². The Balaban J connectivity index is 1.76. The van der Waals surface area contributed by atoms with Crippen LogP contribution in [0, 0.1) is 13.8 Å². The van der Waals surface area contributed by atoms with Gasteiger partial charge in [0.25, 0.3) is 5.56 Å². The summed E-state index contributed by atoms with van der Waals surface area (Å²) in [6.07, 6.45) is 5.19. The Labute approximate surface area is 155 Å². The van der Waals surface area contributed by atoms with Crippen molar-refractivity contribution >= 4 is 23.0 Å². The lowest BCUT2D eigenvalue weighted by Crippen LogP contribution is -2.21. The third-order valence-corrected chi connectivity index (χ3v) is 4.26. The van der Waals surface area contributed by atoms with Crippen LogP contribution in [-0.4, -0.2) is 31.2 Å².